The third kappa shape index (κ3) is 3.81. The Morgan fingerprint density at radius 1 is 1.07 bits per heavy atom. The zero-order chi connectivity index (χ0) is 21.5. The van der Waals surface area contributed by atoms with Crippen LogP contribution in [0.15, 0.2) is 71.2 Å². The molecule has 152 valence electrons. The van der Waals surface area contributed by atoms with Crippen LogP contribution in [-0.4, -0.2) is 16.8 Å². The number of aryl methyl sites for hydroxylation is 1. The summed E-state index contributed by atoms with van der Waals surface area (Å²) in [5.74, 6) is -0.795. The van der Waals surface area contributed by atoms with Crippen LogP contribution in [0.1, 0.15) is 33.5 Å². The minimum atomic E-state index is -1.92. The predicted octanol–water partition coefficient (Wildman–Crippen LogP) is 5.42. The first-order chi connectivity index (χ1) is 14.3. The van der Waals surface area contributed by atoms with E-state index in [4.69, 9.17) is 11.6 Å². The summed E-state index contributed by atoms with van der Waals surface area (Å²) in [6, 6.07) is 19.6. The van der Waals surface area contributed by atoms with Crippen molar-refractivity contribution in [3.8, 4) is 0 Å². The lowest BCUT2D eigenvalue weighted by Gasteiger charge is -2.23. The summed E-state index contributed by atoms with van der Waals surface area (Å²) in [4.78, 5) is 27.8. The zero-order valence-corrected chi connectivity index (χ0v) is 18.6. The maximum atomic E-state index is 13.4. The second kappa shape index (κ2) is 7.99. The molecule has 0 fully saturated rings. The quantitative estimate of drug-likeness (QED) is 0.492. The van der Waals surface area contributed by atoms with Crippen LogP contribution in [0.2, 0.25) is 5.02 Å². The number of fused-ring (bicyclic) bond motifs is 1. The Kier molecular flexibility index (Phi) is 5.53. The molecule has 1 N–H and O–H groups in total. The third-order valence-electron chi connectivity index (χ3n) is 5.34. The number of hydrogen-bond acceptors (Lipinski definition) is 3. The fourth-order valence-electron chi connectivity index (χ4n) is 3.70. The lowest BCUT2D eigenvalue weighted by Crippen LogP contribution is -2.41. The fraction of sp³-hybridized carbons (Fsp3) is 0.167. The number of nitrogens with zero attached hydrogens (tertiary/aromatic N) is 1. The Morgan fingerprint density at radius 3 is 2.40 bits per heavy atom. The second-order valence-electron chi connectivity index (χ2n) is 7.51. The maximum absolute atomic E-state index is 13.4. The smallest absolute Gasteiger partial charge is 0.264 e. The topological polar surface area (TPSA) is 57.6 Å². The minimum absolute atomic E-state index is 0.270. The maximum Gasteiger partial charge on any atom is 0.264 e. The van der Waals surface area contributed by atoms with Gasteiger partial charge in [0.15, 0.2) is 11.4 Å². The van der Waals surface area contributed by atoms with E-state index in [1.165, 1.54) is 4.90 Å². The summed E-state index contributed by atoms with van der Waals surface area (Å²) >= 11 is 9.37. The SMILES string of the molecule is Cc1ccc(C(=O)CC2(O)C(=O)N(Cc3ccc(Cl)cc3)c3ccc(Br)cc32)cc1. The molecule has 30 heavy (non-hydrogen) atoms. The van der Waals surface area contributed by atoms with Crippen molar-refractivity contribution in [2.45, 2.75) is 25.5 Å². The summed E-state index contributed by atoms with van der Waals surface area (Å²) < 4.78 is 0.726. The van der Waals surface area contributed by atoms with Crippen molar-refractivity contribution in [1.82, 2.24) is 0 Å². The van der Waals surface area contributed by atoms with E-state index in [-0.39, 0.29) is 18.7 Å². The number of carbonyl (C=O) groups excluding carboxylic acids is 2. The van der Waals surface area contributed by atoms with Gasteiger partial charge >= 0.3 is 0 Å². The Labute approximate surface area is 188 Å². The number of aliphatic hydroxyl groups is 1. The molecule has 0 saturated heterocycles. The zero-order valence-electron chi connectivity index (χ0n) is 16.2. The van der Waals surface area contributed by atoms with Crippen LogP contribution in [0.3, 0.4) is 0 Å². The number of hydrogen-bond donors (Lipinski definition) is 1. The van der Waals surface area contributed by atoms with Crippen molar-refractivity contribution >= 4 is 44.9 Å². The summed E-state index contributed by atoms with van der Waals surface area (Å²) in [7, 11) is 0. The molecule has 6 heteroatoms. The molecule has 1 aliphatic rings. The van der Waals surface area contributed by atoms with Crippen LogP contribution >= 0.6 is 27.5 Å². The largest absolute Gasteiger partial charge is 0.375 e. The van der Waals surface area contributed by atoms with Gasteiger partial charge in [-0.05, 0) is 42.8 Å². The third-order valence-corrected chi connectivity index (χ3v) is 6.08. The van der Waals surface area contributed by atoms with Gasteiger partial charge in [-0.25, -0.2) is 0 Å². The van der Waals surface area contributed by atoms with Gasteiger partial charge in [0.1, 0.15) is 0 Å². The summed E-state index contributed by atoms with van der Waals surface area (Å²) in [6.45, 7) is 2.20. The van der Waals surface area contributed by atoms with Crippen LogP contribution in [0.4, 0.5) is 5.69 Å². The summed E-state index contributed by atoms with van der Waals surface area (Å²) in [6.07, 6.45) is -0.324. The molecule has 0 radical (unpaired) electrons. The van der Waals surface area contributed by atoms with Crippen molar-refractivity contribution in [2.24, 2.45) is 0 Å². The number of carbonyl (C=O) groups is 2. The van der Waals surface area contributed by atoms with Crippen LogP contribution in [0, 0.1) is 6.92 Å². The van der Waals surface area contributed by atoms with Crippen LogP contribution < -0.4 is 4.90 Å². The molecule has 3 aromatic carbocycles. The lowest BCUT2D eigenvalue weighted by atomic mass is 9.88. The molecule has 0 aromatic heterocycles. The number of anilines is 1. The fourth-order valence-corrected chi connectivity index (χ4v) is 4.18. The molecule has 1 atom stereocenters. The molecule has 0 aliphatic carbocycles. The average molecular weight is 485 g/mol. The highest BCUT2D eigenvalue weighted by Crippen LogP contribution is 2.44. The van der Waals surface area contributed by atoms with Crippen molar-refractivity contribution < 1.29 is 14.7 Å². The number of rotatable bonds is 5. The van der Waals surface area contributed by atoms with E-state index in [1.54, 1.807) is 36.4 Å². The highest BCUT2D eigenvalue weighted by Gasteiger charge is 2.51. The number of halogens is 2. The van der Waals surface area contributed by atoms with Gasteiger partial charge in [-0.15, -0.1) is 0 Å². The monoisotopic (exact) mass is 483 g/mol. The molecule has 4 nitrogen and oxygen atoms in total. The second-order valence-corrected chi connectivity index (χ2v) is 8.86. The first kappa shape index (κ1) is 20.8. The number of Topliss-reactive ketones (excluding diaryl/α,β-unsaturated/α-hetero) is 1. The Hall–Kier alpha value is -2.47. The standard InChI is InChI=1S/C24H19BrClNO3/c1-15-2-6-17(7-3-15)22(28)13-24(30)20-12-18(25)8-11-21(20)27(23(24)29)14-16-4-9-19(26)10-5-16/h2-12,30H,13-14H2,1H3. The number of ketones is 1. The summed E-state index contributed by atoms with van der Waals surface area (Å²) in [5.41, 5.74) is 1.47. The molecule has 1 unspecified atom stereocenters. The van der Waals surface area contributed by atoms with Crippen molar-refractivity contribution in [3.63, 3.8) is 0 Å². The molecular formula is C24H19BrClNO3. The van der Waals surface area contributed by atoms with Gasteiger partial charge in [0.25, 0.3) is 5.91 Å². The van der Waals surface area contributed by atoms with E-state index in [9.17, 15) is 14.7 Å². The molecule has 0 spiro atoms. The van der Waals surface area contributed by atoms with Gasteiger partial charge in [-0.2, -0.15) is 0 Å². The van der Waals surface area contributed by atoms with E-state index < -0.39 is 11.5 Å². The average Bonchev–Trinajstić information content (AvgIpc) is 2.91. The highest BCUT2D eigenvalue weighted by atomic mass is 79.9. The minimum Gasteiger partial charge on any atom is -0.375 e. The van der Waals surface area contributed by atoms with Gasteiger partial charge < -0.3 is 10.0 Å². The molecule has 0 saturated carbocycles. The van der Waals surface area contributed by atoms with Gasteiger partial charge in [0.2, 0.25) is 0 Å². The van der Waals surface area contributed by atoms with E-state index in [1.807, 2.05) is 37.3 Å². The van der Waals surface area contributed by atoms with Gasteiger partial charge in [-0.1, -0.05) is 69.5 Å². The Balaban J connectivity index is 1.70. The number of amides is 1. The molecule has 3 aromatic rings. The van der Waals surface area contributed by atoms with Crippen LogP contribution in [0.25, 0.3) is 0 Å². The first-order valence-electron chi connectivity index (χ1n) is 9.46. The van der Waals surface area contributed by atoms with E-state index in [0.717, 1.165) is 15.6 Å². The Morgan fingerprint density at radius 2 is 1.73 bits per heavy atom. The van der Waals surface area contributed by atoms with Gasteiger partial charge in [-0.3, -0.25) is 9.59 Å². The van der Waals surface area contributed by atoms with E-state index in [2.05, 4.69) is 15.9 Å². The molecular weight excluding hydrogens is 466 g/mol. The molecule has 1 heterocycles. The van der Waals surface area contributed by atoms with Crippen LogP contribution in [0.5, 0.6) is 0 Å². The lowest BCUT2D eigenvalue weighted by molar-refractivity contribution is -0.136. The van der Waals surface area contributed by atoms with Crippen LogP contribution in [-0.2, 0) is 16.9 Å². The highest BCUT2D eigenvalue weighted by molar-refractivity contribution is 9.10. The Bertz CT molecular complexity index is 1130. The number of benzene rings is 3. The van der Waals surface area contributed by atoms with Gasteiger partial charge in [0.05, 0.1) is 18.7 Å². The van der Waals surface area contributed by atoms with Crippen molar-refractivity contribution in [1.29, 1.82) is 0 Å². The normalized spacial score (nSPS) is 17.9. The van der Waals surface area contributed by atoms with Crippen molar-refractivity contribution in [2.75, 3.05) is 4.90 Å². The predicted molar refractivity (Wildman–Crippen MR) is 121 cm³/mol. The molecule has 0 bridgehead atoms. The summed E-state index contributed by atoms with van der Waals surface area (Å²) in [5, 5.41) is 12.1. The molecule has 1 amide bonds. The van der Waals surface area contributed by atoms with Crippen molar-refractivity contribution in [3.05, 3.63) is 98.5 Å². The molecule has 4 rings (SSSR count). The molecule has 1 aliphatic heterocycles. The van der Waals surface area contributed by atoms with Gasteiger partial charge in [0, 0.05) is 20.6 Å². The van der Waals surface area contributed by atoms with E-state index >= 15 is 0 Å². The first-order valence-corrected chi connectivity index (χ1v) is 10.6. The van der Waals surface area contributed by atoms with E-state index in [0.29, 0.717) is 21.8 Å².